The Hall–Kier alpha value is -2.35. The Morgan fingerprint density at radius 2 is 2.03 bits per heavy atom. The second-order valence-electron chi connectivity index (χ2n) is 6.83. The van der Waals surface area contributed by atoms with Gasteiger partial charge in [0.05, 0.1) is 10.6 Å². The van der Waals surface area contributed by atoms with Gasteiger partial charge in [0.2, 0.25) is 0 Å². The van der Waals surface area contributed by atoms with Crippen LogP contribution < -0.4 is 22.1 Å². The Morgan fingerprint density at radius 3 is 2.58 bits per heavy atom. The third kappa shape index (κ3) is 8.01. The van der Waals surface area contributed by atoms with Crippen LogP contribution in [0.25, 0.3) is 0 Å². The molecule has 0 spiro atoms. The zero-order chi connectivity index (χ0) is 23.6. The van der Waals surface area contributed by atoms with Crippen molar-refractivity contribution in [1.29, 1.82) is 5.41 Å². The minimum absolute atomic E-state index is 0.181. The van der Waals surface area contributed by atoms with E-state index in [4.69, 9.17) is 16.9 Å². The van der Waals surface area contributed by atoms with E-state index >= 15 is 0 Å². The zero-order valence-corrected chi connectivity index (χ0v) is 20.7. The molecule has 1 aromatic carbocycles. The molecule has 0 fully saturated rings. The normalized spacial score (nSPS) is 12.0. The van der Waals surface area contributed by atoms with Gasteiger partial charge in [0.15, 0.2) is 5.76 Å². The van der Waals surface area contributed by atoms with Crippen molar-refractivity contribution in [3.8, 4) is 0 Å². The van der Waals surface area contributed by atoms with Gasteiger partial charge in [-0.3, -0.25) is 10.2 Å². The fourth-order valence-electron chi connectivity index (χ4n) is 2.43. The van der Waals surface area contributed by atoms with E-state index in [1.54, 1.807) is 42.0 Å². The van der Waals surface area contributed by atoms with E-state index in [1.807, 2.05) is 13.8 Å². The smallest absolute Gasteiger partial charge is 0.258 e. The fraction of sp³-hybridized carbons (Fsp3) is 0.286. The van der Waals surface area contributed by atoms with Gasteiger partial charge in [-0.15, -0.1) is 20.6 Å². The highest BCUT2D eigenvalue weighted by Crippen LogP contribution is 2.19. The van der Waals surface area contributed by atoms with Crippen LogP contribution in [0.5, 0.6) is 0 Å². The molecule has 31 heavy (non-hydrogen) atoms. The number of aliphatic imine (C=N–C) groups is 1. The first-order valence-corrected chi connectivity index (χ1v) is 11.8. The lowest BCUT2D eigenvalue weighted by atomic mass is 10.1. The number of nitrogens with one attached hydrogen (secondary N) is 2. The number of carbonyl (C=O) groups is 1. The molecule has 0 aliphatic rings. The first-order valence-electron chi connectivity index (χ1n) is 9.49. The summed E-state index contributed by atoms with van der Waals surface area (Å²) in [6, 6.07) is 8.48. The maximum Gasteiger partial charge on any atom is 0.258 e. The van der Waals surface area contributed by atoms with Crippen LogP contribution in [0.4, 0.5) is 11.4 Å². The van der Waals surface area contributed by atoms with Crippen molar-refractivity contribution >= 4 is 67.3 Å². The van der Waals surface area contributed by atoms with Crippen LogP contribution in [0.3, 0.4) is 0 Å². The molecule has 1 unspecified atom stereocenters. The summed E-state index contributed by atoms with van der Waals surface area (Å²) in [7, 11) is 2.50. The number of hydrogen-bond acceptors (Lipinski definition) is 7. The van der Waals surface area contributed by atoms with Crippen molar-refractivity contribution in [2.45, 2.75) is 20.3 Å². The molecule has 168 valence electrons. The Kier molecular flexibility index (Phi) is 11.3. The van der Waals surface area contributed by atoms with Gasteiger partial charge in [0.1, 0.15) is 17.1 Å². The molecule has 2 aromatic rings. The number of aliphatic hydroxyl groups is 1. The molecule has 1 atom stereocenters. The topological polar surface area (TPSA) is 138 Å². The summed E-state index contributed by atoms with van der Waals surface area (Å²) in [6.45, 7) is 4.51. The summed E-state index contributed by atoms with van der Waals surface area (Å²) in [5, 5.41) is 24.2. The molecule has 1 heterocycles. The first kappa shape index (κ1) is 26.7. The molecule has 0 aliphatic heterocycles. The first-order chi connectivity index (χ1) is 14.7. The Balaban J connectivity index is 0.00000233. The number of amides is 1. The summed E-state index contributed by atoms with van der Waals surface area (Å²) >= 11 is 4.81. The zero-order valence-electron chi connectivity index (χ0n) is 17.8. The number of benzene rings is 1. The summed E-state index contributed by atoms with van der Waals surface area (Å²) in [6.07, 6.45) is 2.47. The molecule has 7 nitrogen and oxygen atoms in total. The van der Waals surface area contributed by atoms with Gasteiger partial charge in [-0.25, -0.2) is 4.99 Å². The Bertz CT molecular complexity index is 957. The number of amidine groups is 1. The molecule has 0 radical (unpaired) electrons. The van der Waals surface area contributed by atoms with Crippen LogP contribution in [0.1, 0.15) is 25.1 Å². The lowest BCUT2D eigenvalue weighted by molar-refractivity contribution is -0.117. The average molecular weight is 480 g/mol. The predicted octanol–water partition coefficient (Wildman–Crippen LogP) is 3.41. The third-order valence-corrected chi connectivity index (χ3v) is 5.37. The number of carbonyl (C=O) groups excluding carboxylic acids is 1. The molecule has 1 amide bonds. The highest BCUT2D eigenvalue weighted by molar-refractivity contribution is 7.79. The van der Waals surface area contributed by atoms with Crippen molar-refractivity contribution in [2.75, 3.05) is 18.5 Å². The SMILES string of the molecule is CC(C)CCNC(=O)/C(C(N)=Nc1ccc(N)cc1P)=C(/O)C(=N)c1cccs1.CS. The van der Waals surface area contributed by atoms with Gasteiger partial charge in [0, 0.05) is 12.2 Å². The van der Waals surface area contributed by atoms with E-state index < -0.39 is 11.7 Å². The van der Waals surface area contributed by atoms with Crippen LogP contribution in [0.15, 0.2) is 52.0 Å². The number of nitrogen functional groups attached to an aromatic ring is 1. The molecular formula is C21H30N5O2PS2. The van der Waals surface area contributed by atoms with E-state index in [0.29, 0.717) is 34.0 Å². The van der Waals surface area contributed by atoms with Crippen molar-refractivity contribution in [3.05, 3.63) is 51.9 Å². The molecule has 0 saturated heterocycles. The van der Waals surface area contributed by atoms with Crippen molar-refractivity contribution in [1.82, 2.24) is 5.32 Å². The van der Waals surface area contributed by atoms with Crippen LogP contribution in [-0.4, -0.2) is 35.4 Å². The van der Waals surface area contributed by atoms with Crippen LogP contribution in [-0.2, 0) is 4.79 Å². The van der Waals surface area contributed by atoms with E-state index in [2.05, 4.69) is 32.2 Å². The lowest BCUT2D eigenvalue weighted by Gasteiger charge is -2.13. The minimum atomic E-state index is -0.577. The Morgan fingerprint density at radius 1 is 1.35 bits per heavy atom. The number of thiol groups is 1. The van der Waals surface area contributed by atoms with E-state index in [-0.39, 0.29) is 17.1 Å². The summed E-state index contributed by atoms with van der Waals surface area (Å²) in [5.41, 5.74) is 12.5. The summed E-state index contributed by atoms with van der Waals surface area (Å²) in [5.74, 6) is -0.872. The number of nitrogens with zero attached hydrogens (tertiary/aromatic N) is 1. The van der Waals surface area contributed by atoms with Gasteiger partial charge in [0.25, 0.3) is 5.91 Å². The van der Waals surface area contributed by atoms with Crippen LogP contribution in [0, 0.1) is 11.3 Å². The number of hydrogen-bond donors (Lipinski definition) is 6. The summed E-state index contributed by atoms with van der Waals surface area (Å²) < 4.78 is 0. The molecule has 7 N–H and O–H groups in total. The maximum absolute atomic E-state index is 12.8. The number of allylic oxidation sites excluding steroid dienone is 1. The van der Waals surface area contributed by atoms with E-state index in [9.17, 15) is 9.90 Å². The van der Waals surface area contributed by atoms with Gasteiger partial charge in [-0.2, -0.15) is 12.6 Å². The number of aliphatic hydroxyl groups excluding tert-OH is 1. The molecular weight excluding hydrogens is 449 g/mol. The molecule has 2 rings (SSSR count). The third-order valence-electron chi connectivity index (χ3n) is 4.02. The number of thiophene rings is 1. The van der Waals surface area contributed by atoms with Gasteiger partial charge < -0.3 is 21.9 Å². The van der Waals surface area contributed by atoms with Gasteiger partial charge in [-0.1, -0.05) is 19.9 Å². The number of rotatable bonds is 8. The lowest BCUT2D eigenvalue weighted by Crippen LogP contribution is -2.35. The highest BCUT2D eigenvalue weighted by atomic mass is 32.1. The van der Waals surface area contributed by atoms with Crippen molar-refractivity contribution < 1.29 is 9.90 Å². The second kappa shape index (κ2) is 13.1. The van der Waals surface area contributed by atoms with Crippen LogP contribution in [0.2, 0.25) is 0 Å². The molecule has 0 aliphatic carbocycles. The molecule has 0 bridgehead atoms. The van der Waals surface area contributed by atoms with Gasteiger partial charge >= 0.3 is 0 Å². The minimum Gasteiger partial charge on any atom is -0.505 e. The Labute approximate surface area is 195 Å². The predicted molar refractivity (Wildman–Crippen MR) is 140 cm³/mol. The van der Waals surface area contributed by atoms with Crippen molar-refractivity contribution in [2.24, 2.45) is 16.6 Å². The average Bonchev–Trinajstić information content (AvgIpc) is 3.25. The number of nitrogens with two attached hydrogens (primary N) is 2. The molecule has 10 heteroatoms. The highest BCUT2D eigenvalue weighted by Gasteiger charge is 2.23. The van der Waals surface area contributed by atoms with E-state index in [0.717, 1.165) is 6.42 Å². The fourth-order valence-corrected chi connectivity index (χ4v) is 3.46. The van der Waals surface area contributed by atoms with Crippen LogP contribution >= 0.6 is 33.2 Å². The van der Waals surface area contributed by atoms with Crippen molar-refractivity contribution in [3.63, 3.8) is 0 Å². The summed E-state index contributed by atoms with van der Waals surface area (Å²) in [4.78, 5) is 17.6. The molecule has 1 aromatic heterocycles. The monoisotopic (exact) mass is 479 g/mol. The van der Waals surface area contributed by atoms with E-state index in [1.165, 1.54) is 11.3 Å². The number of anilines is 1. The standard InChI is InChI=1S/C20H26N5O2PS.CH4S/c1-11(2)7-8-24-20(27)16(18(26)17(22)15-4-3-9-29-15)19(23)25-13-6-5-12(21)10-14(13)28;1-2/h3-6,9-11,22,26H,7-8,21,28H2,1-2H3,(H2,23,25)(H,24,27);2H,1H3/b18-16+,22-17?;. The second-order valence-corrected chi connectivity index (χ2v) is 8.40. The largest absolute Gasteiger partial charge is 0.505 e. The van der Waals surface area contributed by atoms with Gasteiger partial charge in [-0.05, 0) is 53.5 Å². The quantitative estimate of drug-likeness (QED) is 0.0657. The maximum atomic E-state index is 12.8. The molecule has 0 saturated carbocycles.